The second kappa shape index (κ2) is 5.32. The maximum Gasteiger partial charge on any atom is 0.335 e. The number of hydrogen-bond donors (Lipinski definition) is 1. The van der Waals surface area contributed by atoms with Crippen molar-refractivity contribution in [1.82, 2.24) is 9.97 Å². The van der Waals surface area contributed by atoms with Crippen LogP contribution in [0.5, 0.6) is 0 Å². The fourth-order valence-corrected chi connectivity index (χ4v) is 2.31. The molecule has 3 rings (SSSR count). The average molecular weight is 278 g/mol. The van der Waals surface area contributed by atoms with Crippen LogP contribution in [0.2, 0.25) is 0 Å². The van der Waals surface area contributed by atoms with E-state index in [-0.39, 0.29) is 5.56 Å². The van der Waals surface area contributed by atoms with Crippen LogP contribution in [0.4, 0.5) is 0 Å². The SMILES string of the molecule is Cc1ccc2ncc(Cc3cc(C(=O)O)ccn3)cc2c1. The summed E-state index contributed by atoms with van der Waals surface area (Å²) in [7, 11) is 0. The van der Waals surface area contributed by atoms with Crippen molar-refractivity contribution in [3.05, 3.63) is 71.2 Å². The first kappa shape index (κ1) is 13.2. The summed E-state index contributed by atoms with van der Waals surface area (Å²) >= 11 is 0. The maximum absolute atomic E-state index is 11.0. The molecule has 0 bridgehead atoms. The largest absolute Gasteiger partial charge is 0.478 e. The van der Waals surface area contributed by atoms with Crippen LogP contribution in [0, 0.1) is 6.92 Å². The lowest BCUT2D eigenvalue weighted by Crippen LogP contribution is -2.00. The van der Waals surface area contributed by atoms with E-state index in [0.717, 1.165) is 22.2 Å². The maximum atomic E-state index is 11.0. The van der Waals surface area contributed by atoms with E-state index >= 15 is 0 Å². The molecule has 21 heavy (non-hydrogen) atoms. The van der Waals surface area contributed by atoms with Crippen LogP contribution in [0.1, 0.15) is 27.2 Å². The smallest absolute Gasteiger partial charge is 0.335 e. The third kappa shape index (κ3) is 2.89. The Hall–Kier alpha value is -2.75. The Morgan fingerprint density at radius 3 is 2.81 bits per heavy atom. The van der Waals surface area contributed by atoms with E-state index in [2.05, 4.69) is 22.1 Å². The quantitative estimate of drug-likeness (QED) is 0.799. The zero-order valence-electron chi connectivity index (χ0n) is 11.6. The van der Waals surface area contributed by atoms with Crippen LogP contribution in [0.25, 0.3) is 10.9 Å². The molecule has 3 aromatic rings. The predicted molar refractivity (Wildman–Crippen MR) is 80.5 cm³/mol. The van der Waals surface area contributed by atoms with Gasteiger partial charge in [-0.05, 0) is 42.8 Å². The number of benzene rings is 1. The van der Waals surface area contributed by atoms with Crippen LogP contribution < -0.4 is 0 Å². The number of aryl methyl sites for hydroxylation is 1. The summed E-state index contributed by atoms with van der Waals surface area (Å²) in [6.07, 6.45) is 3.90. The minimum absolute atomic E-state index is 0.254. The van der Waals surface area contributed by atoms with E-state index in [1.165, 1.54) is 17.8 Å². The number of carboxylic acids is 1. The van der Waals surface area contributed by atoms with Gasteiger partial charge in [0, 0.05) is 29.9 Å². The molecule has 4 heteroatoms. The highest BCUT2D eigenvalue weighted by Gasteiger charge is 2.06. The molecule has 0 spiro atoms. The molecule has 0 aliphatic heterocycles. The Balaban J connectivity index is 1.94. The van der Waals surface area contributed by atoms with Crippen molar-refractivity contribution in [2.24, 2.45) is 0 Å². The lowest BCUT2D eigenvalue weighted by Gasteiger charge is -2.05. The van der Waals surface area contributed by atoms with Gasteiger partial charge in [-0.25, -0.2) is 4.79 Å². The van der Waals surface area contributed by atoms with Gasteiger partial charge in [0.1, 0.15) is 0 Å². The summed E-state index contributed by atoms with van der Waals surface area (Å²) in [5.41, 5.74) is 4.14. The van der Waals surface area contributed by atoms with Crippen molar-refractivity contribution in [3.63, 3.8) is 0 Å². The third-order valence-electron chi connectivity index (χ3n) is 3.34. The molecular weight excluding hydrogens is 264 g/mol. The molecule has 1 aromatic carbocycles. The number of pyridine rings is 2. The molecule has 0 aliphatic rings. The van der Waals surface area contributed by atoms with Gasteiger partial charge in [-0.3, -0.25) is 9.97 Å². The first-order valence-corrected chi connectivity index (χ1v) is 6.65. The minimum Gasteiger partial charge on any atom is -0.478 e. The van der Waals surface area contributed by atoms with Crippen molar-refractivity contribution in [3.8, 4) is 0 Å². The van der Waals surface area contributed by atoms with E-state index in [0.29, 0.717) is 6.42 Å². The Labute approximate surface area is 122 Å². The van der Waals surface area contributed by atoms with Crippen molar-refractivity contribution in [1.29, 1.82) is 0 Å². The Bertz CT molecular complexity index is 828. The standard InChI is InChI=1S/C17H14N2O2/c1-11-2-3-16-14(6-11)7-12(10-19-16)8-15-9-13(17(20)21)4-5-18-15/h2-7,9-10H,8H2,1H3,(H,20,21). The van der Waals surface area contributed by atoms with Crippen molar-refractivity contribution in [2.75, 3.05) is 0 Å². The Kier molecular flexibility index (Phi) is 3.36. The molecule has 104 valence electrons. The molecule has 0 saturated heterocycles. The third-order valence-corrected chi connectivity index (χ3v) is 3.34. The average Bonchev–Trinajstić information content (AvgIpc) is 2.47. The molecule has 0 atom stereocenters. The van der Waals surface area contributed by atoms with Crippen LogP contribution in [0.3, 0.4) is 0 Å². The van der Waals surface area contributed by atoms with Crippen LogP contribution >= 0.6 is 0 Å². The fraction of sp³-hybridized carbons (Fsp3) is 0.118. The molecule has 0 aliphatic carbocycles. The first-order valence-electron chi connectivity index (χ1n) is 6.65. The van der Waals surface area contributed by atoms with E-state index < -0.39 is 5.97 Å². The molecular formula is C17H14N2O2. The van der Waals surface area contributed by atoms with E-state index in [9.17, 15) is 4.79 Å². The fourth-order valence-electron chi connectivity index (χ4n) is 2.31. The van der Waals surface area contributed by atoms with Gasteiger partial charge >= 0.3 is 5.97 Å². The highest BCUT2D eigenvalue weighted by molar-refractivity contribution is 5.87. The molecule has 0 radical (unpaired) electrons. The Morgan fingerprint density at radius 1 is 1.14 bits per heavy atom. The van der Waals surface area contributed by atoms with Crippen molar-refractivity contribution >= 4 is 16.9 Å². The van der Waals surface area contributed by atoms with Crippen LogP contribution in [-0.4, -0.2) is 21.0 Å². The van der Waals surface area contributed by atoms with Gasteiger partial charge in [-0.2, -0.15) is 0 Å². The number of rotatable bonds is 3. The molecule has 0 fully saturated rings. The number of aromatic carboxylic acids is 1. The zero-order valence-corrected chi connectivity index (χ0v) is 11.6. The normalized spacial score (nSPS) is 10.7. The van der Waals surface area contributed by atoms with Crippen LogP contribution in [-0.2, 0) is 6.42 Å². The molecule has 0 unspecified atom stereocenters. The second-order valence-electron chi connectivity index (χ2n) is 5.06. The molecule has 1 N–H and O–H groups in total. The highest BCUT2D eigenvalue weighted by Crippen LogP contribution is 2.17. The number of carboxylic acid groups (broad SMARTS) is 1. The highest BCUT2D eigenvalue weighted by atomic mass is 16.4. The predicted octanol–water partition coefficient (Wildman–Crippen LogP) is 3.23. The Morgan fingerprint density at radius 2 is 2.00 bits per heavy atom. The summed E-state index contributed by atoms with van der Waals surface area (Å²) in [6.45, 7) is 2.05. The lowest BCUT2D eigenvalue weighted by molar-refractivity contribution is 0.0696. The minimum atomic E-state index is -0.939. The lowest BCUT2D eigenvalue weighted by atomic mass is 10.1. The molecule has 0 amide bonds. The van der Waals surface area contributed by atoms with Crippen molar-refractivity contribution < 1.29 is 9.90 Å². The van der Waals surface area contributed by atoms with Gasteiger partial charge < -0.3 is 5.11 Å². The number of aromatic nitrogens is 2. The number of hydrogen-bond acceptors (Lipinski definition) is 3. The van der Waals surface area contributed by atoms with Gasteiger partial charge in [0.2, 0.25) is 0 Å². The summed E-state index contributed by atoms with van der Waals surface area (Å²) in [5, 5.41) is 10.1. The van der Waals surface area contributed by atoms with E-state index in [1.807, 2.05) is 25.3 Å². The monoisotopic (exact) mass is 278 g/mol. The van der Waals surface area contributed by atoms with Crippen molar-refractivity contribution in [2.45, 2.75) is 13.3 Å². The van der Waals surface area contributed by atoms with Crippen LogP contribution in [0.15, 0.2) is 48.8 Å². The number of carbonyl (C=O) groups is 1. The number of fused-ring (bicyclic) bond motifs is 1. The summed E-state index contributed by atoms with van der Waals surface area (Å²) in [5.74, 6) is -0.939. The summed E-state index contributed by atoms with van der Waals surface area (Å²) in [6, 6.07) is 11.3. The second-order valence-corrected chi connectivity index (χ2v) is 5.06. The van der Waals surface area contributed by atoms with Gasteiger partial charge in [0.25, 0.3) is 0 Å². The van der Waals surface area contributed by atoms with Gasteiger partial charge in [-0.1, -0.05) is 11.6 Å². The first-order chi connectivity index (χ1) is 10.1. The molecule has 2 aromatic heterocycles. The molecule has 4 nitrogen and oxygen atoms in total. The van der Waals surface area contributed by atoms with Gasteiger partial charge in [-0.15, -0.1) is 0 Å². The van der Waals surface area contributed by atoms with E-state index in [4.69, 9.17) is 5.11 Å². The molecule has 2 heterocycles. The van der Waals surface area contributed by atoms with Gasteiger partial charge in [0.15, 0.2) is 0 Å². The van der Waals surface area contributed by atoms with E-state index in [1.54, 1.807) is 6.07 Å². The summed E-state index contributed by atoms with van der Waals surface area (Å²) < 4.78 is 0. The van der Waals surface area contributed by atoms with Gasteiger partial charge in [0.05, 0.1) is 11.1 Å². The number of nitrogens with zero attached hydrogens (tertiary/aromatic N) is 2. The molecule has 0 saturated carbocycles. The zero-order chi connectivity index (χ0) is 14.8. The summed E-state index contributed by atoms with van der Waals surface area (Å²) in [4.78, 5) is 19.6. The topological polar surface area (TPSA) is 63.1 Å².